The van der Waals surface area contributed by atoms with Crippen molar-refractivity contribution in [3.8, 4) is 0 Å². The smallest absolute Gasteiger partial charge is 0.408 e. The second-order valence-electron chi connectivity index (χ2n) is 3.62. The van der Waals surface area contributed by atoms with Crippen molar-refractivity contribution in [3.05, 3.63) is 35.9 Å². The van der Waals surface area contributed by atoms with Crippen LogP contribution in [0, 0.1) is 0 Å². The molecule has 6 nitrogen and oxygen atoms in total. The zero-order valence-electron chi connectivity index (χ0n) is 10.1. The van der Waals surface area contributed by atoms with Gasteiger partial charge in [0.2, 0.25) is 5.91 Å². The Bertz CT molecular complexity index is 394. The van der Waals surface area contributed by atoms with Crippen LogP contribution in [0.15, 0.2) is 30.3 Å². The molecule has 0 spiro atoms. The van der Waals surface area contributed by atoms with Gasteiger partial charge < -0.3 is 20.5 Å². The summed E-state index contributed by atoms with van der Waals surface area (Å²) < 4.78 is 9.70. The second-order valence-corrected chi connectivity index (χ2v) is 3.62. The lowest BCUT2D eigenvalue weighted by Crippen LogP contribution is -2.47. The minimum absolute atomic E-state index is 0.00969. The highest BCUT2D eigenvalue weighted by Gasteiger charge is 2.18. The predicted molar refractivity (Wildman–Crippen MR) is 64.6 cm³/mol. The zero-order chi connectivity index (χ0) is 13.4. The average Bonchev–Trinajstić information content (AvgIpc) is 2.37. The topological polar surface area (TPSA) is 90.7 Å². The number of nitrogens with two attached hydrogens (primary N) is 1. The van der Waals surface area contributed by atoms with Gasteiger partial charge in [-0.05, 0) is 5.56 Å². The van der Waals surface area contributed by atoms with E-state index in [1.807, 2.05) is 30.3 Å². The molecule has 0 aliphatic carbocycles. The van der Waals surface area contributed by atoms with Gasteiger partial charge in [0.1, 0.15) is 12.6 Å². The van der Waals surface area contributed by atoms with Gasteiger partial charge in [0, 0.05) is 7.11 Å². The molecule has 0 bridgehead atoms. The number of primary amides is 1. The number of hydrogen-bond donors (Lipinski definition) is 2. The number of nitrogens with one attached hydrogen (secondary N) is 1. The molecule has 0 radical (unpaired) electrons. The van der Waals surface area contributed by atoms with Crippen molar-refractivity contribution in [2.45, 2.75) is 12.6 Å². The molecule has 0 unspecified atom stereocenters. The molecule has 1 atom stereocenters. The van der Waals surface area contributed by atoms with E-state index >= 15 is 0 Å². The predicted octanol–water partition coefficient (Wildman–Crippen LogP) is 0.413. The number of carbonyl (C=O) groups is 2. The van der Waals surface area contributed by atoms with Crippen LogP contribution in [0.25, 0.3) is 0 Å². The van der Waals surface area contributed by atoms with Crippen molar-refractivity contribution in [2.75, 3.05) is 13.7 Å². The van der Waals surface area contributed by atoms with E-state index in [0.29, 0.717) is 0 Å². The summed E-state index contributed by atoms with van der Waals surface area (Å²) in [7, 11) is 1.41. The van der Waals surface area contributed by atoms with Crippen LogP contribution in [0.2, 0.25) is 0 Å². The Morgan fingerprint density at radius 3 is 2.56 bits per heavy atom. The molecule has 6 heteroatoms. The van der Waals surface area contributed by atoms with Crippen LogP contribution in [0.3, 0.4) is 0 Å². The largest absolute Gasteiger partial charge is 0.445 e. The molecule has 0 saturated heterocycles. The first-order valence-corrected chi connectivity index (χ1v) is 5.39. The summed E-state index contributed by atoms with van der Waals surface area (Å²) in [6.07, 6.45) is -0.709. The van der Waals surface area contributed by atoms with Crippen LogP contribution in [0.1, 0.15) is 5.56 Å². The first-order valence-electron chi connectivity index (χ1n) is 5.39. The van der Waals surface area contributed by atoms with Crippen LogP contribution in [0.5, 0.6) is 0 Å². The van der Waals surface area contributed by atoms with E-state index in [0.717, 1.165) is 5.56 Å². The van der Waals surface area contributed by atoms with Gasteiger partial charge in [-0.15, -0.1) is 0 Å². The van der Waals surface area contributed by atoms with Crippen molar-refractivity contribution in [2.24, 2.45) is 5.73 Å². The number of benzene rings is 1. The third-order valence-corrected chi connectivity index (χ3v) is 2.18. The first-order chi connectivity index (χ1) is 8.63. The van der Waals surface area contributed by atoms with Gasteiger partial charge in [-0.2, -0.15) is 0 Å². The third kappa shape index (κ3) is 4.84. The fourth-order valence-corrected chi connectivity index (χ4v) is 1.27. The van der Waals surface area contributed by atoms with Gasteiger partial charge in [0.15, 0.2) is 0 Å². The van der Waals surface area contributed by atoms with E-state index in [9.17, 15) is 9.59 Å². The Kier molecular flexibility index (Phi) is 5.66. The standard InChI is InChI=1S/C12H16N2O4/c1-17-8-10(11(13)15)14-12(16)18-7-9-5-3-2-4-6-9/h2-6,10H,7-8H2,1H3,(H2,13,15)(H,14,16)/t10-/m0/s1. The number of amides is 2. The van der Waals surface area contributed by atoms with Crippen molar-refractivity contribution in [3.63, 3.8) is 0 Å². The number of methoxy groups -OCH3 is 1. The maximum atomic E-state index is 11.4. The van der Waals surface area contributed by atoms with Crippen molar-refractivity contribution >= 4 is 12.0 Å². The molecule has 1 rings (SSSR count). The van der Waals surface area contributed by atoms with E-state index in [2.05, 4.69) is 5.32 Å². The van der Waals surface area contributed by atoms with Gasteiger partial charge in [-0.3, -0.25) is 4.79 Å². The Hall–Kier alpha value is -2.08. The van der Waals surface area contributed by atoms with E-state index in [-0.39, 0.29) is 13.2 Å². The van der Waals surface area contributed by atoms with Crippen molar-refractivity contribution < 1.29 is 19.1 Å². The summed E-state index contributed by atoms with van der Waals surface area (Å²) in [6.45, 7) is 0.140. The highest BCUT2D eigenvalue weighted by Crippen LogP contribution is 2.00. The van der Waals surface area contributed by atoms with Crippen LogP contribution in [-0.2, 0) is 20.9 Å². The number of carbonyl (C=O) groups excluding carboxylic acids is 2. The Labute approximate surface area is 105 Å². The first kappa shape index (κ1) is 14.0. The highest BCUT2D eigenvalue weighted by molar-refractivity contribution is 5.84. The second kappa shape index (κ2) is 7.29. The van der Waals surface area contributed by atoms with E-state index < -0.39 is 18.0 Å². The molecule has 3 N–H and O–H groups in total. The Morgan fingerprint density at radius 2 is 2.00 bits per heavy atom. The van der Waals surface area contributed by atoms with Crippen LogP contribution in [-0.4, -0.2) is 31.8 Å². The number of alkyl carbamates (subject to hydrolysis) is 1. The molecule has 0 aromatic heterocycles. The van der Waals surface area contributed by atoms with Crippen molar-refractivity contribution in [1.29, 1.82) is 0 Å². The minimum Gasteiger partial charge on any atom is -0.445 e. The van der Waals surface area contributed by atoms with E-state index in [4.69, 9.17) is 15.2 Å². The lowest BCUT2D eigenvalue weighted by atomic mass is 10.2. The van der Waals surface area contributed by atoms with Crippen LogP contribution in [0.4, 0.5) is 4.79 Å². The zero-order valence-corrected chi connectivity index (χ0v) is 10.1. The van der Waals surface area contributed by atoms with Crippen molar-refractivity contribution in [1.82, 2.24) is 5.32 Å². The molecule has 0 fully saturated rings. The Morgan fingerprint density at radius 1 is 1.33 bits per heavy atom. The summed E-state index contributed by atoms with van der Waals surface area (Å²) in [4.78, 5) is 22.4. The van der Waals surface area contributed by atoms with E-state index in [1.165, 1.54) is 7.11 Å². The molecule has 1 aromatic rings. The third-order valence-electron chi connectivity index (χ3n) is 2.18. The number of rotatable bonds is 6. The molecule has 0 heterocycles. The van der Waals surface area contributed by atoms with Gasteiger partial charge in [-0.25, -0.2) is 4.79 Å². The fourth-order valence-electron chi connectivity index (χ4n) is 1.27. The maximum Gasteiger partial charge on any atom is 0.408 e. The summed E-state index contributed by atoms with van der Waals surface area (Å²) in [6, 6.07) is 8.31. The molecule has 0 aliphatic heterocycles. The SMILES string of the molecule is COC[C@H](NC(=O)OCc1ccccc1)C(N)=O. The highest BCUT2D eigenvalue weighted by atomic mass is 16.5. The normalized spacial score (nSPS) is 11.6. The monoisotopic (exact) mass is 252 g/mol. The molecule has 98 valence electrons. The molecule has 0 saturated carbocycles. The van der Waals surface area contributed by atoms with Crippen LogP contribution >= 0.6 is 0 Å². The summed E-state index contributed by atoms with van der Waals surface area (Å²) in [5, 5.41) is 2.33. The molecule has 0 aliphatic rings. The number of ether oxygens (including phenoxy) is 2. The lowest BCUT2D eigenvalue weighted by molar-refractivity contribution is -0.121. The maximum absolute atomic E-state index is 11.4. The molecular formula is C12H16N2O4. The van der Waals surface area contributed by atoms with Gasteiger partial charge in [0.05, 0.1) is 6.61 Å². The molecule has 1 aromatic carbocycles. The molecule has 2 amide bonds. The van der Waals surface area contributed by atoms with Gasteiger partial charge >= 0.3 is 6.09 Å². The summed E-state index contributed by atoms with van der Waals surface area (Å²) >= 11 is 0. The molecule has 18 heavy (non-hydrogen) atoms. The van der Waals surface area contributed by atoms with Gasteiger partial charge in [0.25, 0.3) is 0 Å². The minimum atomic E-state index is -0.890. The number of hydrogen-bond acceptors (Lipinski definition) is 4. The summed E-state index contributed by atoms with van der Waals surface area (Å²) in [5.74, 6) is -0.673. The lowest BCUT2D eigenvalue weighted by Gasteiger charge is -2.14. The van der Waals surface area contributed by atoms with E-state index in [1.54, 1.807) is 0 Å². The molecular weight excluding hydrogens is 236 g/mol. The summed E-state index contributed by atoms with van der Waals surface area (Å²) in [5.41, 5.74) is 5.95. The van der Waals surface area contributed by atoms with Crippen LogP contribution < -0.4 is 11.1 Å². The Balaban J connectivity index is 2.39. The average molecular weight is 252 g/mol. The van der Waals surface area contributed by atoms with Gasteiger partial charge in [-0.1, -0.05) is 30.3 Å². The fraction of sp³-hybridized carbons (Fsp3) is 0.333. The quantitative estimate of drug-likeness (QED) is 0.767.